The van der Waals surface area contributed by atoms with Crippen LogP contribution >= 0.6 is 0 Å². The molecule has 2 rings (SSSR count). The third-order valence-corrected chi connectivity index (χ3v) is 2.90. The quantitative estimate of drug-likeness (QED) is 0.911. The number of amides is 1. The fraction of sp³-hybridized carbons (Fsp3) is 0.333. The number of hydrogen-bond donors (Lipinski definition) is 1. The zero-order chi connectivity index (χ0) is 14.5. The summed E-state index contributed by atoms with van der Waals surface area (Å²) in [6, 6.07) is 7.90. The molecule has 1 aromatic heterocycles. The lowest BCUT2D eigenvalue weighted by atomic mass is 10.2. The number of carbonyl (C=O) groups excluding carboxylic acids is 1. The number of rotatable bonds is 5. The third-order valence-electron chi connectivity index (χ3n) is 2.90. The lowest BCUT2D eigenvalue weighted by Crippen LogP contribution is -2.20. The molecule has 0 saturated carbocycles. The highest BCUT2D eigenvalue weighted by Gasteiger charge is 2.07. The van der Waals surface area contributed by atoms with Gasteiger partial charge in [-0.15, -0.1) is 0 Å². The fourth-order valence-corrected chi connectivity index (χ4v) is 1.73. The minimum Gasteiger partial charge on any atom is -0.480 e. The average Bonchev–Trinajstić information content (AvgIpc) is 2.88. The number of aromatic nitrogens is 2. The second kappa shape index (κ2) is 6.23. The van der Waals surface area contributed by atoms with Crippen molar-refractivity contribution in [1.82, 2.24) is 9.78 Å². The largest absolute Gasteiger partial charge is 0.480 e. The van der Waals surface area contributed by atoms with Crippen LogP contribution in [0.1, 0.15) is 25.5 Å². The van der Waals surface area contributed by atoms with Crippen molar-refractivity contribution >= 4 is 11.6 Å². The number of benzene rings is 1. The van der Waals surface area contributed by atoms with Gasteiger partial charge in [0.2, 0.25) is 0 Å². The number of anilines is 1. The maximum absolute atomic E-state index is 11.8. The van der Waals surface area contributed by atoms with Crippen LogP contribution in [0.15, 0.2) is 36.7 Å². The van der Waals surface area contributed by atoms with Crippen molar-refractivity contribution in [3.63, 3.8) is 0 Å². The zero-order valence-corrected chi connectivity index (χ0v) is 12.0. The summed E-state index contributed by atoms with van der Waals surface area (Å²) >= 11 is 0. The van der Waals surface area contributed by atoms with E-state index < -0.39 is 0 Å². The summed E-state index contributed by atoms with van der Waals surface area (Å²) in [6.45, 7) is 5.98. The van der Waals surface area contributed by atoms with E-state index in [1.165, 1.54) is 0 Å². The number of ether oxygens (including phenoxy) is 1. The molecule has 1 N–H and O–H groups in total. The van der Waals surface area contributed by atoms with Crippen LogP contribution in [0, 0.1) is 6.92 Å². The van der Waals surface area contributed by atoms with Gasteiger partial charge >= 0.3 is 0 Å². The number of aryl methyl sites for hydroxylation is 1. The Hall–Kier alpha value is -2.30. The minimum absolute atomic E-state index is 0.0296. The molecule has 0 aliphatic carbocycles. The number of nitrogens with one attached hydrogen (secondary N) is 1. The lowest BCUT2D eigenvalue weighted by molar-refractivity contribution is -0.118. The van der Waals surface area contributed by atoms with Crippen LogP contribution in [0.5, 0.6) is 5.75 Å². The molecule has 1 heterocycles. The molecule has 106 valence electrons. The molecule has 0 spiro atoms. The predicted molar refractivity (Wildman–Crippen MR) is 77.9 cm³/mol. The van der Waals surface area contributed by atoms with Gasteiger partial charge in [0.05, 0.1) is 12.4 Å². The summed E-state index contributed by atoms with van der Waals surface area (Å²) in [6.07, 6.45) is 3.40. The van der Waals surface area contributed by atoms with Gasteiger partial charge in [0.25, 0.3) is 5.91 Å². The molecular formula is C15H19N3O2. The van der Waals surface area contributed by atoms with E-state index in [2.05, 4.69) is 10.4 Å². The Morgan fingerprint density at radius 2 is 2.15 bits per heavy atom. The molecule has 5 heteroatoms. The molecule has 0 bridgehead atoms. The van der Waals surface area contributed by atoms with E-state index in [1.807, 2.05) is 45.0 Å². The van der Waals surface area contributed by atoms with E-state index in [9.17, 15) is 4.79 Å². The zero-order valence-electron chi connectivity index (χ0n) is 12.0. The fourth-order valence-electron chi connectivity index (χ4n) is 1.73. The van der Waals surface area contributed by atoms with Gasteiger partial charge in [-0.05, 0) is 32.4 Å². The first-order valence-corrected chi connectivity index (χ1v) is 6.58. The molecule has 0 radical (unpaired) electrons. The van der Waals surface area contributed by atoms with E-state index in [-0.39, 0.29) is 18.6 Å². The van der Waals surface area contributed by atoms with Gasteiger partial charge in [-0.25, -0.2) is 0 Å². The second-order valence-electron chi connectivity index (χ2n) is 4.90. The summed E-state index contributed by atoms with van der Waals surface area (Å²) in [4.78, 5) is 11.8. The van der Waals surface area contributed by atoms with E-state index in [0.29, 0.717) is 5.75 Å². The summed E-state index contributed by atoms with van der Waals surface area (Å²) in [7, 11) is 0. The normalized spacial score (nSPS) is 10.6. The highest BCUT2D eigenvalue weighted by molar-refractivity contribution is 5.92. The first kappa shape index (κ1) is 14.1. The van der Waals surface area contributed by atoms with Gasteiger partial charge in [0, 0.05) is 11.7 Å². The van der Waals surface area contributed by atoms with Crippen molar-refractivity contribution in [2.45, 2.75) is 26.8 Å². The number of carbonyl (C=O) groups is 1. The van der Waals surface area contributed by atoms with Gasteiger partial charge in [-0.1, -0.05) is 18.2 Å². The number of nitrogens with zero attached hydrogens (tertiary/aromatic N) is 2. The maximum atomic E-state index is 11.8. The number of hydrogen-bond acceptors (Lipinski definition) is 3. The standard InChI is InChI=1S/C15H19N3O2/c1-11(2)18-9-13(8-16-18)20-10-15(19)17-14-7-5-4-6-12(14)3/h4-9,11H,10H2,1-3H3,(H,17,19). The first-order chi connectivity index (χ1) is 9.56. The van der Waals surface area contributed by atoms with Crippen LogP contribution in [-0.2, 0) is 4.79 Å². The molecule has 5 nitrogen and oxygen atoms in total. The van der Waals surface area contributed by atoms with Gasteiger partial charge in [0.1, 0.15) is 0 Å². The van der Waals surface area contributed by atoms with Gasteiger partial charge < -0.3 is 10.1 Å². The molecule has 1 aromatic carbocycles. The summed E-state index contributed by atoms with van der Waals surface area (Å²) in [5.41, 5.74) is 1.83. The monoisotopic (exact) mass is 273 g/mol. The van der Waals surface area contributed by atoms with E-state index >= 15 is 0 Å². The summed E-state index contributed by atoms with van der Waals surface area (Å²) in [5.74, 6) is 0.412. The first-order valence-electron chi connectivity index (χ1n) is 6.58. The Labute approximate surface area is 118 Å². The Kier molecular flexibility index (Phi) is 4.40. The SMILES string of the molecule is Cc1ccccc1NC(=O)COc1cnn(C(C)C)c1. The van der Waals surface area contributed by atoms with Crippen LogP contribution in [-0.4, -0.2) is 22.3 Å². The van der Waals surface area contributed by atoms with Gasteiger partial charge in [-0.3, -0.25) is 9.48 Å². The van der Waals surface area contributed by atoms with E-state index in [4.69, 9.17) is 4.74 Å². The minimum atomic E-state index is -0.184. The molecule has 1 amide bonds. The molecule has 0 aliphatic heterocycles. The Bertz CT molecular complexity index is 590. The Morgan fingerprint density at radius 3 is 2.80 bits per heavy atom. The van der Waals surface area contributed by atoms with Crippen molar-refractivity contribution in [3.8, 4) is 5.75 Å². The predicted octanol–water partition coefficient (Wildman–Crippen LogP) is 2.79. The molecule has 0 atom stereocenters. The molecule has 0 aliphatic rings. The van der Waals surface area contributed by atoms with Gasteiger partial charge in [0.15, 0.2) is 12.4 Å². The second-order valence-corrected chi connectivity index (χ2v) is 4.90. The van der Waals surface area contributed by atoms with Crippen LogP contribution in [0.3, 0.4) is 0 Å². The highest BCUT2D eigenvalue weighted by Crippen LogP contribution is 2.14. The molecular weight excluding hydrogens is 254 g/mol. The van der Waals surface area contributed by atoms with Crippen LogP contribution in [0.4, 0.5) is 5.69 Å². The van der Waals surface area contributed by atoms with E-state index in [0.717, 1.165) is 11.3 Å². The smallest absolute Gasteiger partial charge is 0.262 e. The molecule has 0 fully saturated rings. The van der Waals surface area contributed by atoms with Gasteiger partial charge in [-0.2, -0.15) is 5.10 Å². The summed E-state index contributed by atoms with van der Waals surface area (Å²) < 4.78 is 7.20. The van der Waals surface area contributed by atoms with E-state index in [1.54, 1.807) is 17.1 Å². The molecule has 0 saturated heterocycles. The topological polar surface area (TPSA) is 56.1 Å². The number of para-hydroxylation sites is 1. The third kappa shape index (κ3) is 3.60. The van der Waals surface area contributed by atoms with Crippen molar-refractivity contribution in [1.29, 1.82) is 0 Å². The van der Waals surface area contributed by atoms with Crippen molar-refractivity contribution in [2.75, 3.05) is 11.9 Å². The molecule has 2 aromatic rings. The van der Waals surface area contributed by atoms with Crippen LogP contribution in [0.25, 0.3) is 0 Å². The lowest BCUT2D eigenvalue weighted by Gasteiger charge is -2.08. The van der Waals surface area contributed by atoms with Crippen molar-refractivity contribution < 1.29 is 9.53 Å². The summed E-state index contributed by atoms with van der Waals surface area (Å²) in [5, 5.41) is 6.97. The highest BCUT2D eigenvalue weighted by atomic mass is 16.5. The van der Waals surface area contributed by atoms with Crippen molar-refractivity contribution in [3.05, 3.63) is 42.2 Å². The van der Waals surface area contributed by atoms with Crippen molar-refractivity contribution in [2.24, 2.45) is 0 Å². The molecule has 20 heavy (non-hydrogen) atoms. The molecule has 0 unspecified atom stereocenters. The van der Waals surface area contributed by atoms with Crippen LogP contribution < -0.4 is 10.1 Å². The van der Waals surface area contributed by atoms with Crippen LogP contribution in [0.2, 0.25) is 0 Å². The Balaban J connectivity index is 1.87. The average molecular weight is 273 g/mol. The maximum Gasteiger partial charge on any atom is 0.262 e. The Morgan fingerprint density at radius 1 is 1.40 bits per heavy atom.